The summed E-state index contributed by atoms with van der Waals surface area (Å²) in [7, 11) is -2.05. The summed E-state index contributed by atoms with van der Waals surface area (Å²) in [5.74, 6) is 0.0629. The Bertz CT molecular complexity index is 1170. The summed E-state index contributed by atoms with van der Waals surface area (Å²) in [4.78, 5) is 17.9. The van der Waals surface area contributed by atoms with Crippen LogP contribution < -0.4 is 4.72 Å². The second-order valence-corrected chi connectivity index (χ2v) is 8.51. The van der Waals surface area contributed by atoms with Crippen molar-refractivity contribution in [2.24, 2.45) is 0 Å². The van der Waals surface area contributed by atoms with Gasteiger partial charge in [-0.05, 0) is 47.9 Å². The molecule has 6 nitrogen and oxygen atoms in total. The van der Waals surface area contributed by atoms with Gasteiger partial charge in [-0.15, -0.1) is 0 Å². The number of aryl methyl sites for hydroxylation is 1. The molecule has 138 valence electrons. The molecule has 1 N–H and O–H groups in total. The summed E-state index contributed by atoms with van der Waals surface area (Å²) in [5.41, 5.74) is 3.77. The number of benzene rings is 2. The number of nitrogens with one attached hydrogen (secondary N) is 1. The molecule has 0 unspecified atom stereocenters. The number of carbonyl (C=O) groups is 1. The molecular weight excluding hydrogens is 362 g/mol. The fraction of sp³-hybridized carbons (Fsp3) is 0.200. The number of fused-ring (bicyclic) bond motifs is 2. The number of para-hydroxylation sites is 1. The largest absolute Gasteiger partial charge is 0.341 e. The topological polar surface area (TPSA) is 79.4 Å². The lowest BCUT2D eigenvalue weighted by molar-refractivity contribution is -0.130. The van der Waals surface area contributed by atoms with Crippen LogP contribution in [0.2, 0.25) is 0 Å². The third kappa shape index (κ3) is 3.26. The maximum atomic E-state index is 13.0. The van der Waals surface area contributed by atoms with Crippen LogP contribution >= 0.6 is 0 Å². The van der Waals surface area contributed by atoms with Gasteiger partial charge in [-0.3, -0.25) is 14.5 Å². The highest BCUT2D eigenvalue weighted by Gasteiger charge is 2.22. The Labute approximate surface area is 157 Å². The third-order valence-electron chi connectivity index (χ3n) is 4.73. The Hall–Kier alpha value is -2.93. The van der Waals surface area contributed by atoms with Crippen molar-refractivity contribution in [3.63, 3.8) is 0 Å². The molecule has 2 heterocycles. The Morgan fingerprint density at radius 1 is 1.11 bits per heavy atom. The summed E-state index contributed by atoms with van der Waals surface area (Å²) < 4.78 is 28.6. The van der Waals surface area contributed by atoms with Gasteiger partial charge >= 0.3 is 0 Å². The van der Waals surface area contributed by atoms with Crippen LogP contribution in [-0.4, -0.2) is 31.3 Å². The quantitative estimate of drug-likeness (QED) is 0.757. The molecule has 1 aliphatic rings. The lowest BCUT2D eigenvalue weighted by atomic mass is 9.99. The number of hydrogen-bond donors (Lipinski definition) is 1. The number of nitrogens with zero attached hydrogens (tertiary/aromatic N) is 2. The summed E-state index contributed by atoms with van der Waals surface area (Å²) in [6.07, 6.45) is 2.00. The lowest BCUT2D eigenvalue weighted by Crippen LogP contribution is -2.32. The molecule has 0 fully saturated rings. The summed E-state index contributed by atoms with van der Waals surface area (Å²) in [6, 6.07) is 12.3. The average molecular weight is 381 g/mol. The van der Waals surface area contributed by atoms with Crippen molar-refractivity contribution < 1.29 is 13.2 Å². The first-order valence-corrected chi connectivity index (χ1v) is 10.1. The van der Waals surface area contributed by atoms with Crippen LogP contribution in [0.15, 0.2) is 53.6 Å². The Kier molecular flexibility index (Phi) is 4.11. The van der Waals surface area contributed by atoms with Gasteiger partial charge in [-0.2, -0.15) is 0 Å². The molecule has 1 aliphatic heterocycles. The summed E-state index contributed by atoms with van der Waals surface area (Å²) in [5, 5.41) is 0.781. The minimum Gasteiger partial charge on any atom is -0.341 e. The number of pyridine rings is 1. The lowest BCUT2D eigenvalue weighted by Gasteiger charge is -2.25. The van der Waals surface area contributed by atoms with Gasteiger partial charge in [0.15, 0.2) is 0 Å². The van der Waals surface area contributed by atoms with E-state index in [1.807, 2.05) is 25.1 Å². The zero-order valence-electron chi connectivity index (χ0n) is 15.1. The van der Waals surface area contributed by atoms with Crippen LogP contribution in [0.1, 0.15) is 16.7 Å². The summed E-state index contributed by atoms with van der Waals surface area (Å²) >= 11 is 0. The second kappa shape index (κ2) is 6.35. The second-order valence-electron chi connectivity index (χ2n) is 6.86. The van der Waals surface area contributed by atoms with Gasteiger partial charge in [0.1, 0.15) is 4.90 Å². The maximum Gasteiger partial charge on any atom is 0.264 e. The van der Waals surface area contributed by atoms with E-state index in [9.17, 15) is 13.2 Å². The third-order valence-corrected chi connectivity index (χ3v) is 6.15. The van der Waals surface area contributed by atoms with Crippen molar-refractivity contribution in [1.29, 1.82) is 0 Å². The molecule has 0 aliphatic carbocycles. The molecule has 7 heteroatoms. The van der Waals surface area contributed by atoms with Crippen molar-refractivity contribution >= 4 is 32.5 Å². The van der Waals surface area contributed by atoms with Crippen molar-refractivity contribution in [2.75, 3.05) is 11.8 Å². The standard InChI is InChI=1S/C20H19N3O3S/c1-13-8-15-4-3-5-18(20(15)21-11-13)27(25,26)22-17-7-6-14-10-19(24)23(2)12-16(14)9-17/h3-9,11,22H,10,12H2,1-2H3. The molecule has 27 heavy (non-hydrogen) atoms. The van der Waals surface area contributed by atoms with E-state index in [4.69, 9.17) is 0 Å². The number of anilines is 1. The number of aromatic nitrogens is 1. The molecule has 0 saturated heterocycles. The predicted molar refractivity (Wildman–Crippen MR) is 104 cm³/mol. The van der Waals surface area contributed by atoms with Gasteiger partial charge < -0.3 is 4.90 Å². The van der Waals surface area contributed by atoms with Gasteiger partial charge in [0.25, 0.3) is 10.0 Å². The molecule has 1 aromatic heterocycles. The zero-order valence-corrected chi connectivity index (χ0v) is 15.9. The van der Waals surface area contributed by atoms with Crippen LogP contribution in [0.3, 0.4) is 0 Å². The van der Waals surface area contributed by atoms with E-state index in [0.717, 1.165) is 22.1 Å². The minimum absolute atomic E-state index is 0.0629. The van der Waals surface area contributed by atoms with E-state index >= 15 is 0 Å². The first kappa shape index (κ1) is 17.5. The molecule has 0 atom stereocenters. The number of likely N-dealkylation sites (N-methyl/N-ethyl adjacent to an activating group) is 1. The van der Waals surface area contributed by atoms with Gasteiger partial charge in [-0.1, -0.05) is 18.2 Å². The molecule has 0 radical (unpaired) electrons. The highest BCUT2D eigenvalue weighted by molar-refractivity contribution is 7.93. The van der Waals surface area contributed by atoms with Crippen molar-refractivity contribution in [3.05, 3.63) is 65.4 Å². The Morgan fingerprint density at radius 2 is 1.93 bits per heavy atom. The monoisotopic (exact) mass is 381 g/mol. The van der Waals surface area contributed by atoms with Crippen LogP contribution in [0, 0.1) is 6.92 Å². The zero-order chi connectivity index (χ0) is 19.2. The fourth-order valence-corrected chi connectivity index (χ4v) is 4.55. The van der Waals surface area contributed by atoms with Crippen molar-refractivity contribution in [1.82, 2.24) is 9.88 Å². The normalized spacial score (nSPS) is 14.3. The van der Waals surface area contributed by atoms with Crippen LogP contribution in [0.25, 0.3) is 10.9 Å². The molecule has 0 spiro atoms. The van der Waals surface area contributed by atoms with E-state index in [-0.39, 0.29) is 10.8 Å². The average Bonchev–Trinajstić information content (AvgIpc) is 2.62. The van der Waals surface area contributed by atoms with Crippen LogP contribution in [0.5, 0.6) is 0 Å². The SMILES string of the molecule is Cc1cnc2c(S(=O)(=O)Nc3ccc4c(c3)CN(C)C(=O)C4)cccc2c1. The smallest absolute Gasteiger partial charge is 0.264 e. The summed E-state index contributed by atoms with van der Waals surface area (Å²) in [6.45, 7) is 2.39. The van der Waals surface area contributed by atoms with E-state index in [1.54, 1.807) is 42.4 Å². The fourth-order valence-electron chi connectivity index (χ4n) is 3.32. The van der Waals surface area contributed by atoms with Gasteiger partial charge in [-0.25, -0.2) is 8.42 Å². The molecule has 4 rings (SSSR count). The highest BCUT2D eigenvalue weighted by atomic mass is 32.2. The van der Waals surface area contributed by atoms with Crippen LogP contribution in [-0.2, 0) is 27.8 Å². The van der Waals surface area contributed by atoms with Gasteiger partial charge in [0.05, 0.1) is 11.9 Å². The molecular formula is C20H19N3O3S. The van der Waals surface area contributed by atoms with E-state index in [0.29, 0.717) is 24.2 Å². The number of hydrogen-bond acceptors (Lipinski definition) is 4. The number of carbonyl (C=O) groups excluding carboxylic acids is 1. The molecule has 2 aromatic carbocycles. The first-order chi connectivity index (χ1) is 12.8. The van der Waals surface area contributed by atoms with E-state index in [1.165, 1.54) is 0 Å². The predicted octanol–water partition coefficient (Wildman–Crippen LogP) is 2.86. The Balaban J connectivity index is 1.71. The Morgan fingerprint density at radius 3 is 2.74 bits per heavy atom. The maximum absolute atomic E-state index is 13.0. The first-order valence-electron chi connectivity index (χ1n) is 8.57. The van der Waals surface area contributed by atoms with E-state index < -0.39 is 10.0 Å². The molecule has 3 aromatic rings. The van der Waals surface area contributed by atoms with Gasteiger partial charge in [0.2, 0.25) is 5.91 Å². The number of sulfonamides is 1. The van der Waals surface area contributed by atoms with E-state index in [2.05, 4.69) is 9.71 Å². The molecule has 1 amide bonds. The molecule has 0 bridgehead atoms. The molecule has 0 saturated carbocycles. The highest BCUT2D eigenvalue weighted by Crippen LogP contribution is 2.27. The van der Waals surface area contributed by atoms with Crippen molar-refractivity contribution in [2.45, 2.75) is 24.8 Å². The van der Waals surface area contributed by atoms with Gasteiger partial charge in [0, 0.05) is 30.9 Å². The number of rotatable bonds is 3. The number of amides is 1. The minimum atomic E-state index is -3.80. The van der Waals surface area contributed by atoms with Crippen LogP contribution in [0.4, 0.5) is 5.69 Å². The van der Waals surface area contributed by atoms with Crippen molar-refractivity contribution in [3.8, 4) is 0 Å².